The molecule has 27 heavy (non-hydrogen) atoms. The SMILES string of the molecule is Cc1cc(CC(C)NC(=O)c2cn(CC(N)=O)nn2)n(-c2ccccc2)n1. The van der Waals surface area contributed by atoms with Crippen molar-refractivity contribution in [2.75, 3.05) is 0 Å². The molecule has 1 atom stereocenters. The van der Waals surface area contributed by atoms with Crippen LogP contribution in [0.5, 0.6) is 0 Å². The number of benzene rings is 1. The molecule has 0 saturated heterocycles. The number of primary amides is 1. The lowest BCUT2D eigenvalue weighted by molar-refractivity contribution is -0.118. The van der Waals surface area contributed by atoms with Gasteiger partial charge in [-0.25, -0.2) is 9.36 Å². The number of hydrogen-bond donors (Lipinski definition) is 2. The average Bonchev–Trinajstić information content (AvgIpc) is 3.21. The van der Waals surface area contributed by atoms with Gasteiger partial charge in [0.25, 0.3) is 5.91 Å². The molecule has 0 aliphatic carbocycles. The van der Waals surface area contributed by atoms with Gasteiger partial charge in [0.15, 0.2) is 5.69 Å². The molecule has 0 aliphatic rings. The first-order chi connectivity index (χ1) is 12.9. The first-order valence-electron chi connectivity index (χ1n) is 8.52. The van der Waals surface area contributed by atoms with Gasteiger partial charge in [0, 0.05) is 18.2 Å². The van der Waals surface area contributed by atoms with Crippen LogP contribution in [0.25, 0.3) is 5.69 Å². The molecule has 0 spiro atoms. The van der Waals surface area contributed by atoms with Crippen LogP contribution in [0.2, 0.25) is 0 Å². The molecule has 2 amide bonds. The van der Waals surface area contributed by atoms with Gasteiger partial charge in [0.1, 0.15) is 6.54 Å². The van der Waals surface area contributed by atoms with Crippen LogP contribution in [0, 0.1) is 6.92 Å². The molecule has 0 bridgehead atoms. The Morgan fingerprint density at radius 3 is 2.70 bits per heavy atom. The van der Waals surface area contributed by atoms with Crippen LogP contribution in [0.3, 0.4) is 0 Å². The molecule has 9 nitrogen and oxygen atoms in total. The lowest BCUT2D eigenvalue weighted by atomic mass is 10.1. The third kappa shape index (κ3) is 4.57. The maximum Gasteiger partial charge on any atom is 0.273 e. The minimum absolute atomic E-state index is 0.120. The summed E-state index contributed by atoms with van der Waals surface area (Å²) in [6, 6.07) is 11.7. The van der Waals surface area contributed by atoms with Crippen molar-refractivity contribution in [3.63, 3.8) is 0 Å². The third-order valence-corrected chi connectivity index (χ3v) is 3.89. The average molecular weight is 367 g/mol. The van der Waals surface area contributed by atoms with Gasteiger partial charge < -0.3 is 11.1 Å². The molecule has 3 N–H and O–H groups in total. The van der Waals surface area contributed by atoms with Crippen molar-refractivity contribution >= 4 is 11.8 Å². The van der Waals surface area contributed by atoms with E-state index < -0.39 is 5.91 Å². The molecule has 1 unspecified atom stereocenters. The highest BCUT2D eigenvalue weighted by molar-refractivity contribution is 5.92. The highest BCUT2D eigenvalue weighted by Crippen LogP contribution is 2.14. The number of amides is 2. The molecule has 3 rings (SSSR count). The van der Waals surface area contributed by atoms with Crippen LogP contribution in [-0.4, -0.2) is 42.6 Å². The topological polar surface area (TPSA) is 121 Å². The number of aromatic nitrogens is 5. The first-order valence-corrected chi connectivity index (χ1v) is 8.52. The van der Waals surface area contributed by atoms with E-state index in [0.29, 0.717) is 6.42 Å². The van der Waals surface area contributed by atoms with Crippen molar-refractivity contribution in [1.82, 2.24) is 30.1 Å². The maximum atomic E-state index is 12.3. The molecule has 2 heterocycles. The molecular formula is C18H21N7O2. The van der Waals surface area contributed by atoms with E-state index in [0.717, 1.165) is 17.1 Å². The summed E-state index contributed by atoms with van der Waals surface area (Å²) in [5.41, 5.74) is 8.10. The predicted molar refractivity (Wildman–Crippen MR) is 98.1 cm³/mol. The fourth-order valence-electron chi connectivity index (χ4n) is 2.79. The standard InChI is InChI=1S/C18H21N7O2/c1-12(20-18(27)16-10-24(23-21-16)11-17(19)26)8-15-9-13(2)22-25(15)14-6-4-3-5-7-14/h3-7,9-10,12H,8,11H2,1-2H3,(H2,19,26)(H,20,27). The Morgan fingerprint density at radius 1 is 1.26 bits per heavy atom. The van der Waals surface area contributed by atoms with Crippen LogP contribution >= 0.6 is 0 Å². The highest BCUT2D eigenvalue weighted by Gasteiger charge is 2.17. The van der Waals surface area contributed by atoms with Crippen molar-refractivity contribution in [2.45, 2.75) is 32.9 Å². The summed E-state index contributed by atoms with van der Waals surface area (Å²) in [6.07, 6.45) is 1.99. The zero-order chi connectivity index (χ0) is 19.4. The van der Waals surface area contributed by atoms with Crippen LogP contribution in [0.1, 0.15) is 28.8 Å². The van der Waals surface area contributed by atoms with Crippen LogP contribution in [-0.2, 0) is 17.8 Å². The van der Waals surface area contributed by atoms with Crippen molar-refractivity contribution in [3.05, 3.63) is 59.7 Å². The number of para-hydroxylation sites is 1. The fraction of sp³-hybridized carbons (Fsp3) is 0.278. The minimum atomic E-state index is -0.551. The smallest absolute Gasteiger partial charge is 0.273 e. The van der Waals surface area contributed by atoms with E-state index in [-0.39, 0.29) is 24.2 Å². The number of hydrogen-bond acceptors (Lipinski definition) is 5. The predicted octanol–water partition coefficient (Wildman–Crippen LogP) is 0.619. The largest absolute Gasteiger partial charge is 0.368 e. The normalized spacial score (nSPS) is 11.9. The number of carbonyl (C=O) groups excluding carboxylic acids is 2. The number of carbonyl (C=O) groups is 2. The Hall–Kier alpha value is -3.49. The number of rotatable bonds is 7. The lowest BCUT2D eigenvalue weighted by Crippen LogP contribution is -2.34. The summed E-state index contributed by atoms with van der Waals surface area (Å²) >= 11 is 0. The summed E-state index contributed by atoms with van der Waals surface area (Å²) in [5, 5.41) is 14.9. The minimum Gasteiger partial charge on any atom is -0.368 e. The molecule has 140 valence electrons. The second-order valence-electron chi connectivity index (χ2n) is 6.37. The second-order valence-corrected chi connectivity index (χ2v) is 6.37. The highest BCUT2D eigenvalue weighted by atomic mass is 16.2. The monoisotopic (exact) mass is 367 g/mol. The maximum absolute atomic E-state index is 12.3. The van der Waals surface area contributed by atoms with Gasteiger partial charge in [0.2, 0.25) is 5.91 Å². The van der Waals surface area contributed by atoms with Crippen LogP contribution in [0.4, 0.5) is 0 Å². The van der Waals surface area contributed by atoms with Gasteiger partial charge in [-0.05, 0) is 32.0 Å². The molecule has 0 aliphatic heterocycles. The lowest BCUT2D eigenvalue weighted by Gasteiger charge is -2.14. The summed E-state index contributed by atoms with van der Waals surface area (Å²) in [7, 11) is 0. The van der Waals surface area contributed by atoms with Crippen molar-refractivity contribution in [2.24, 2.45) is 5.73 Å². The van der Waals surface area contributed by atoms with Gasteiger partial charge in [0.05, 0.1) is 17.6 Å². The van der Waals surface area contributed by atoms with Gasteiger partial charge in [-0.15, -0.1) is 5.10 Å². The van der Waals surface area contributed by atoms with E-state index in [2.05, 4.69) is 20.7 Å². The van der Waals surface area contributed by atoms with E-state index in [9.17, 15) is 9.59 Å². The molecule has 0 saturated carbocycles. The van der Waals surface area contributed by atoms with Crippen molar-refractivity contribution < 1.29 is 9.59 Å². The summed E-state index contributed by atoms with van der Waals surface area (Å²) in [6.45, 7) is 3.72. The molecule has 3 aromatic rings. The molecule has 2 aromatic heterocycles. The molecule has 0 radical (unpaired) electrons. The van der Waals surface area contributed by atoms with Gasteiger partial charge in [-0.1, -0.05) is 23.4 Å². The van der Waals surface area contributed by atoms with Crippen LogP contribution in [0.15, 0.2) is 42.6 Å². The molecule has 0 fully saturated rings. The van der Waals surface area contributed by atoms with E-state index >= 15 is 0 Å². The van der Waals surface area contributed by atoms with E-state index in [4.69, 9.17) is 5.73 Å². The van der Waals surface area contributed by atoms with Crippen molar-refractivity contribution in [1.29, 1.82) is 0 Å². The quantitative estimate of drug-likeness (QED) is 0.634. The number of nitrogens with zero attached hydrogens (tertiary/aromatic N) is 5. The third-order valence-electron chi connectivity index (χ3n) is 3.89. The van der Waals surface area contributed by atoms with E-state index in [1.165, 1.54) is 10.9 Å². The Bertz CT molecular complexity index is 946. The fourth-order valence-corrected chi connectivity index (χ4v) is 2.79. The number of aryl methyl sites for hydroxylation is 1. The van der Waals surface area contributed by atoms with Gasteiger partial charge in [-0.3, -0.25) is 9.59 Å². The first kappa shape index (κ1) is 18.3. The Labute approximate surface area is 156 Å². The van der Waals surface area contributed by atoms with Gasteiger partial charge >= 0.3 is 0 Å². The zero-order valence-corrected chi connectivity index (χ0v) is 15.2. The van der Waals surface area contributed by atoms with E-state index in [1.54, 1.807) is 0 Å². The molecule has 9 heteroatoms. The number of nitrogens with one attached hydrogen (secondary N) is 1. The Balaban J connectivity index is 1.68. The molecule has 1 aromatic carbocycles. The number of nitrogens with two attached hydrogens (primary N) is 1. The summed E-state index contributed by atoms with van der Waals surface area (Å²) < 4.78 is 3.11. The van der Waals surface area contributed by atoms with E-state index in [1.807, 2.05) is 54.9 Å². The zero-order valence-electron chi connectivity index (χ0n) is 15.2. The molecular weight excluding hydrogens is 346 g/mol. The Morgan fingerprint density at radius 2 is 2.00 bits per heavy atom. The van der Waals surface area contributed by atoms with Gasteiger partial charge in [-0.2, -0.15) is 5.10 Å². The summed E-state index contributed by atoms with van der Waals surface area (Å²) in [4.78, 5) is 23.2. The van der Waals surface area contributed by atoms with Crippen molar-refractivity contribution in [3.8, 4) is 5.69 Å². The Kier molecular flexibility index (Phi) is 5.30. The second kappa shape index (κ2) is 7.81. The summed E-state index contributed by atoms with van der Waals surface area (Å²) in [5.74, 6) is -0.912. The van der Waals surface area contributed by atoms with Crippen LogP contribution < -0.4 is 11.1 Å².